The molecule has 0 unspecified atom stereocenters. The molecular weight excluding hydrogens is 505 g/mol. The molecule has 0 aliphatic carbocycles. The van der Waals surface area contributed by atoms with E-state index >= 15 is 0 Å². The summed E-state index contributed by atoms with van der Waals surface area (Å²) in [5, 5.41) is 5.06. The second kappa shape index (κ2) is 12.2. The molecule has 6 nitrogen and oxygen atoms in total. The minimum absolute atomic E-state index is 0.0446. The van der Waals surface area contributed by atoms with Crippen molar-refractivity contribution >= 4 is 17.1 Å². The average molecular weight is 534 g/mol. The van der Waals surface area contributed by atoms with E-state index in [0.717, 1.165) is 11.1 Å². The quantitative estimate of drug-likeness (QED) is 0.146. The fraction of sp³-hybridized carbons (Fsp3) is 0.121. The third kappa shape index (κ3) is 5.68. The van der Waals surface area contributed by atoms with Gasteiger partial charge in [0.2, 0.25) is 0 Å². The van der Waals surface area contributed by atoms with Gasteiger partial charge in [0.25, 0.3) is 5.56 Å². The zero-order chi connectivity index (χ0) is 27.9. The smallest absolute Gasteiger partial charge is 0.282 e. The van der Waals surface area contributed by atoms with Crippen LogP contribution in [0.3, 0.4) is 0 Å². The molecule has 0 radical (unpaired) electrons. The van der Waals surface area contributed by atoms with Gasteiger partial charge in [-0.15, -0.1) is 6.58 Å². The van der Waals surface area contributed by atoms with Crippen molar-refractivity contribution in [3.63, 3.8) is 0 Å². The minimum atomic E-state index is -0.335. The van der Waals surface area contributed by atoms with E-state index in [-0.39, 0.29) is 18.0 Å². The van der Waals surface area contributed by atoms with Crippen LogP contribution >= 0.6 is 0 Å². The number of allylic oxidation sites excluding steroid dienone is 1. The van der Waals surface area contributed by atoms with E-state index < -0.39 is 0 Å². The molecule has 0 aliphatic rings. The molecule has 0 saturated heterocycles. The number of fused-ring (bicyclic) bond motifs is 1. The summed E-state index contributed by atoms with van der Waals surface area (Å²) in [6.07, 6.45) is 3.84. The Morgan fingerprint density at radius 2 is 1.70 bits per heavy atom. The van der Waals surface area contributed by atoms with E-state index in [4.69, 9.17) is 14.5 Å². The molecule has 200 valence electrons. The predicted octanol–water partition coefficient (Wildman–Crippen LogP) is 6.79. The Morgan fingerprint density at radius 1 is 0.950 bits per heavy atom. The number of ether oxygens (including phenoxy) is 2. The molecule has 0 aliphatic heterocycles. The first-order chi connectivity index (χ1) is 19.6. The normalized spacial score (nSPS) is 11.2. The number of aromatic nitrogens is 2. The van der Waals surface area contributed by atoms with Crippen molar-refractivity contribution in [1.82, 2.24) is 9.66 Å². The van der Waals surface area contributed by atoms with Gasteiger partial charge in [0.05, 0.1) is 23.7 Å². The molecule has 40 heavy (non-hydrogen) atoms. The van der Waals surface area contributed by atoms with Crippen molar-refractivity contribution in [1.29, 1.82) is 0 Å². The van der Waals surface area contributed by atoms with Crippen LogP contribution in [-0.2, 0) is 13.0 Å². The summed E-state index contributed by atoms with van der Waals surface area (Å²) in [5.74, 6) is 1.10. The number of para-hydroxylation sites is 1. The monoisotopic (exact) mass is 533 g/mol. The largest absolute Gasteiger partial charge is 0.490 e. The Kier molecular flexibility index (Phi) is 8.11. The predicted molar refractivity (Wildman–Crippen MR) is 157 cm³/mol. The molecule has 5 rings (SSSR count). The highest BCUT2D eigenvalue weighted by molar-refractivity contribution is 5.83. The van der Waals surface area contributed by atoms with Gasteiger partial charge in [-0.25, -0.2) is 9.37 Å². The minimum Gasteiger partial charge on any atom is -0.490 e. The molecular formula is C33H28FN3O3. The van der Waals surface area contributed by atoms with Gasteiger partial charge >= 0.3 is 0 Å². The van der Waals surface area contributed by atoms with Crippen molar-refractivity contribution in [2.45, 2.75) is 20.0 Å². The SMILES string of the molecule is C=CCc1cc(C=Nn2c(-c3ccccc3)nc3ccccc3c2=O)cc(OCC)c1OCc1ccccc1F. The molecule has 1 heterocycles. The second-order valence-corrected chi connectivity index (χ2v) is 8.99. The Labute approximate surface area is 231 Å². The van der Waals surface area contributed by atoms with Crippen LogP contribution in [0.2, 0.25) is 0 Å². The van der Waals surface area contributed by atoms with Gasteiger partial charge < -0.3 is 9.47 Å². The topological polar surface area (TPSA) is 65.7 Å². The summed E-state index contributed by atoms with van der Waals surface area (Å²) in [6.45, 7) is 6.19. The molecule has 4 aromatic carbocycles. The van der Waals surface area contributed by atoms with E-state index in [9.17, 15) is 9.18 Å². The van der Waals surface area contributed by atoms with Crippen molar-refractivity contribution in [3.8, 4) is 22.9 Å². The molecule has 0 saturated carbocycles. The number of nitrogens with zero attached hydrogens (tertiary/aromatic N) is 3. The lowest BCUT2D eigenvalue weighted by Gasteiger charge is -2.17. The maximum atomic E-state index is 14.2. The summed E-state index contributed by atoms with van der Waals surface area (Å²) in [7, 11) is 0. The first kappa shape index (κ1) is 26.6. The van der Waals surface area contributed by atoms with Crippen LogP contribution in [0.4, 0.5) is 4.39 Å². The maximum Gasteiger partial charge on any atom is 0.282 e. The van der Waals surface area contributed by atoms with Crippen LogP contribution in [0, 0.1) is 5.82 Å². The van der Waals surface area contributed by atoms with Gasteiger partial charge in [0.1, 0.15) is 12.4 Å². The van der Waals surface area contributed by atoms with E-state index in [2.05, 4.69) is 11.7 Å². The molecule has 5 aromatic rings. The number of hydrogen-bond donors (Lipinski definition) is 0. The standard InChI is InChI=1S/C33H28FN3O3/c1-3-12-25-19-23(20-30(39-4-2)31(25)40-22-26-15-8-10-17-28(26)34)21-35-37-32(24-13-6-5-7-14-24)36-29-18-11-9-16-27(29)33(37)38/h3,5-11,13-21H,1,4,12,22H2,2H3. The molecule has 7 heteroatoms. The average Bonchev–Trinajstić information content (AvgIpc) is 2.98. The lowest BCUT2D eigenvalue weighted by molar-refractivity contribution is 0.263. The first-order valence-electron chi connectivity index (χ1n) is 13.0. The summed E-state index contributed by atoms with van der Waals surface area (Å²) in [4.78, 5) is 18.3. The Balaban J connectivity index is 1.58. The highest BCUT2D eigenvalue weighted by Gasteiger charge is 2.15. The highest BCUT2D eigenvalue weighted by atomic mass is 19.1. The molecule has 0 atom stereocenters. The van der Waals surface area contributed by atoms with E-state index in [1.807, 2.05) is 55.5 Å². The lowest BCUT2D eigenvalue weighted by atomic mass is 10.1. The van der Waals surface area contributed by atoms with Crippen LogP contribution in [0.5, 0.6) is 11.5 Å². The third-order valence-corrected chi connectivity index (χ3v) is 6.26. The van der Waals surface area contributed by atoms with Gasteiger partial charge in [-0.1, -0.05) is 66.7 Å². The van der Waals surface area contributed by atoms with Gasteiger partial charge in [0.15, 0.2) is 17.3 Å². The van der Waals surface area contributed by atoms with Crippen LogP contribution in [0.25, 0.3) is 22.3 Å². The summed E-state index contributed by atoms with van der Waals surface area (Å²) < 4.78 is 27.5. The number of benzene rings is 4. The van der Waals surface area contributed by atoms with Crippen molar-refractivity contribution in [2.75, 3.05) is 6.61 Å². The Morgan fingerprint density at radius 3 is 2.48 bits per heavy atom. The first-order valence-corrected chi connectivity index (χ1v) is 13.0. The van der Waals surface area contributed by atoms with E-state index in [1.54, 1.807) is 48.7 Å². The van der Waals surface area contributed by atoms with Crippen LogP contribution < -0.4 is 15.0 Å². The van der Waals surface area contributed by atoms with Crippen LogP contribution in [0.15, 0.2) is 114 Å². The highest BCUT2D eigenvalue weighted by Crippen LogP contribution is 2.34. The fourth-order valence-corrected chi connectivity index (χ4v) is 4.39. The zero-order valence-electron chi connectivity index (χ0n) is 22.1. The Bertz CT molecular complexity index is 1750. The molecule has 0 spiro atoms. The van der Waals surface area contributed by atoms with Crippen LogP contribution in [-0.4, -0.2) is 22.5 Å². The summed E-state index contributed by atoms with van der Waals surface area (Å²) >= 11 is 0. The fourth-order valence-electron chi connectivity index (χ4n) is 4.39. The molecule has 0 amide bonds. The van der Waals surface area contributed by atoms with Crippen LogP contribution in [0.1, 0.15) is 23.6 Å². The third-order valence-electron chi connectivity index (χ3n) is 6.26. The van der Waals surface area contributed by atoms with Crippen molar-refractivity contribution in [3.05, 3.63) is 137 Å². The molecule has 0 bridgehead atoms. The number of hydrogen-bond acceptors (Lipinski definition) is 5. The summed E-state index contributed by atoms with van der Waals surface area (Å²) in [6, 6.07) is 26.8. The zero-order valence-corrected chi connectivity index (χ0v) is 22.1. The summed E-state index contributed by atoms with van der Waals surface area (Å²) in [5.41, 5.74) is 3.02. The van der Waals surface area contributed by atoms with Gasteiger partial charge in [-0.3, -0.25) is 4.79 Å². The lowest BCUT2D eigenvalue weighted by Crippen LogP contribution is -2.20. The van der Waals surface area contributed by atoms with E-state index in [0.29, 0.717) is 52.4 Å². The van der Waals surface area contributed by atoms with Crippen molar-refractivity contribution < 1.29 is 13.9 Å². The molecule has 0 fully saturated rings. The van der Waals surface area contributed by atoms with Gasteiger partial charge in [0, 0.05) is 16.7 Å². The van der Waals surface area contributed by atoms with Gasteiger partial charge in [-0.2, -0.15) is 9.78 Å². The van der Waals surface area contributed by atoms with Gasteiger partial charge in [-0.05, 0) is 49.2 Å². The van der Waals surface area contributed by atoms with E-state index in [1.165, 1.54) is 10.7 Å². The molecule has 0 N–H and O–H groups in total. The number of rotatable bonds is 10. The Hall–Kier alpha value is -5.04. The number of halogens is 1. The second-order valence-electron chi connectivity index (χ2n) is 8.99. The van der Waals surface area contributed by atoms with Crippen molar-refractivity contribution in [2.24, 2.45) is 5.10 Å². The maximum absolute atomic E-state index is 14.2. The molecule has 1 aromatic heterocycles.